The molecule has 0 aliphatic carbocycles. The fourth-order valence-electron chi connectivity index (χ4n) is 2.56. The summed E-state index contributed by atoms with van der Waals surface area (Å²) in [6, 6.07) is 6.18. The number of aryl methyl sites for hydroxylation is 1. The van der Waals surface area contributed by atoms with Crippen molar-refractivity contribution in [3.05, 3.63) is 41.0 Å². The van der Waals surface area contributed by atoms with E-state index in [0.29, 0.717) is 37.4 Å². The molecule has 8 nitrogen and oxygen atoms in total. The molecule has 0 saturated heterocycles. The average molecular weight is 390 g/mol. The Bertz CT molecular complexity index is 773. The minimum absolute atomic E-state index is 0.115. The van der Waals surface area contributed by atoms with E-state index >= 15 is 0 Å². The van der Waals surface area contributed by atoms with Crippen molar-refractivity contribution in [3.8, 4) is 5.75 Å². The summed E-state index contributed by atoms with van der Waals surface area (Å²) >= 11 is 0. The Morgan fingerprint density at radius 3 is 2.64 bits per heavy atom. The van der Waals surface area contributed by atoms with E-state index in [2.05, 4.69) is 44.8 Å². The third kappa shape index (κ3) is 6.53. The number of hydrogen-bond donors (Lipinski definition) is 2. The summed E-state index contributed by atoms with van der Waals surface area (Å²) in [5.74, 6) is 2.53. The van der Waals surface area contributed by atoms with Gasteiger partial charge in [0.2, 0.25) is 5.89 Å². The van der Waals surface area contributed by atoms with Crippen LogP contribution in [0.3, 0.4) is 0 Å². The van der Waals surface area contributed by atoms with Gasteiger partial charge in [0, 0.05) is 25.8 Å². The first-order valence-corrected chi connectivity index (χ1v) is 9.57. The lowest BCUT2D eigenvalue weighted by molar-refractivity contribution is 0.0683. The zero-order valence-corrected chi connectivity index (χ0v) is 17.6. The van der Waals surface area contributed by atoms with Crippen LogP contribution in [0.25, 0.3) is 0 Å². The van der Waals surface area contributed by atoms with Crippen LogP contribution >= 0.6 is 0 Å². The maximum Gasteiger partial charge on any atom is 0.246 e. The predicted molar refractivity (Wildman–Crippen MR) is 108 cm³/mol. The summed E-state index contributed by atoms with van der Waals surface area (Å²) < 4.78 is 16.6. The van der Waals surface area contributed by atoms with E-state index in [9.17, 15) is 0 Å². The fourth-order valence-corrected chi connectivity index (χ4v) is 2.56. The van der Waals surface area contributed by atoms with E-state index in [4.69, 9.17) is 14.0 Å². The molecule has 0 amide bonds. The van der Waals surface area contributed by atoms with E-state index < -0.39 is 0 Å². The molecule has 0 saturated carbocycles. The Morgan fingerprint density at radius 1 is 1.21 bits per heavy atom. The van der Waals surface area contributed by atoms with Gasteiger partial charge in [-0.05, 0) is 46.2 Å². The molecule has 0 aliphatic heterocycles. The molecule has 1 heterocycles. The summed E-state index contributed by atoms with van der Waals surface area (Å²) in [5.41, 5.74) is 2.23. The van der Waals surface area contributed by atoms with Crippen molar-refractivity contribution < 1.29 is 14.0 Å². The van der Waals surface area contributed by atoms with Crippen molar-refractivity contribution in [1.29, 1.82) is 0 Å². The largest absolute Gasteiger partial charge is 0.491 e. The molecule has 0 aliphatic rings. The zero-order chi connectivity index (χ0) is 20.5. The standard InChI is InChI=1S/C20H31N5O3/c1-7-26-15(5)19-24-18(28-25-19)12-23-20(21-6)22-11-16-9-8-14(4)10-17(16)27-13(2)3/h8-10,13,15H,7,11-12H2,1-6H3,(H2,21,22,23). The highest BCUT2D eigenvalue weighted by Crippen LogP contribution is 2.21. The summed E-state index contributed by atoms with van der Waals surface area (Å²) in [6.07, 6.45) is -0.0790. The Hall–Kier alpha value is -2.61. The van der Waals surface area contributed by atoms with Crippen molar-refractivity contribution >= 4 is 5.96 Å². The van der Waals surface area contributed by atoms with E-state index in [1.54, 1.807) is 7.05 Å². The molecule has 1 unspecified atom stereocenters. The molecular formula is C20H31N5O3. The van der Waals surface area contributed by atoms with Crippen LogP contribution in [-0.4, -0.2) is 35.9 Å². The molecule has 28 heavy (non-hydrogen) atoms. The van der Waals surface area contributed by atoms with Gasteiger partial charge < -0.3 is 24.6 Å². The van der Waals surface area contributed by atoms with Gasteiger partial charge in [-0.1, -0.05) is 17.3 Å². The van der Waals surface area contributed by atoms with Crippen LogP contribution in [0, 0.1) is 6.92 Å². The molecule has 0 spiro atoms. The monoisotopic (exact) mass is 389 g/mol. The Balaban J connectivity index is 1.92. The van der Waals surface area contributed by atoms with Gasteiger partial charge in [-0.15, -0.1) is 0 Å². The molecule has 1 aromatic heterocycles. The molecule has 2 N–H and O–H groups in total. The Labute approximate surface area is 166 Å². The number of aliphatic imine (C=N–C) groups is 1. The molecule has 8 heteroatoms. The molecule has 2 rings (SSSR count). The van der Waals surface area contributed by atoms with Crippen molar-refractivity contribution in [3.63, 3.8) is 0 Å². The number of benzene rings is 1. The molecule has 0 bridgehead atoms. The van der Waals surface area contributed by atoms with Crippen LogP contribution in [0.4, 0.5) is 0 Å². The SMILES string of the molecule is CCOC(C)c1noc(CNC(=NC)NCc2ccc(C)cc2OC(C)C)n1. The lowest BCUT2D eigenvalue weighted by atomic mass is 10.1. The highest BCUT2D eigenvalue weighted by Gasteiger charge is 2.14. The fraction of sp³-hybridized carbons (Fsp3) is 0.550. The maximum absolute atomic E-state index is 5.92. The van der Waals surface area contributed by atoms with E-state index in [1.165, 1.54) is 0 Å². The molecule has 0 radical (unpaired) electrons. The maximum atomic E-state index is 5.92. The van der Waals surface area contributed by atoms with Gasteiger partial charge in [0.25, 0.3) is 0 Å². The minimum atomic E-state index is -0.194. The molecule has 154 valence electrons. The van der Waals surface area contributed by atoms with Crippen LogP contribution < -0.4 is 15.4 Å². The number of nitrogens with one attached hydrogen (secondary N) is 2. The van der Waals surface area contributed by atoms with Crippen molar-refractivity contribution in [2.24, 2.45) is 4.99 Å². The molecule has 1 atom stereocenters. The van der Waals surface area contributed by atoms with Gasteiger partial charge in [-0.2, -0.15) is 4.98 Å². The summed E-state index contributed by atoms with van der Waals surface area (Å²) in [7, 11) is 1.71. The summed E-state index contributed by atoms with van der Waals surface area (Å²) in [6.45, 7) is 11.5. The van der Waals surface area contributed by atoms with Gasteiger partial charge in [0.05, 0.1) is 12.6 Å². The zero-order valence-electron chi connectivity index (χ0n) is 17.6. The quantitative estimate of drug-likeness (QED) is 0.503. The smallest absolute Gasteiger partial charge is 0.246 e. The van der Waals surface area contributed by atoms with Gasteiger partial charge >= 0.3 is 0 Å². The summed E-state index contributed by atoms with van der Waals surface area (Å²) in [4.78, 5) is 8.58. The third-order valence-electron chi connectivity index (χ3n) is 3.93. The second-order valence-corrected chi connectivity index (χ2v) is 6.70. The van der Waals surface area contributed by atoms with Gasteiger partial charge in [0.15, 0.2) is 11.8 Å². The van der Waals surface area contributed by atoms with Crippen LogP contribution in [0.2, 0.25) is 0 Å². The van der Waals surface area contributed by atoms with Crippen molar-refractivity contribution in [2.75, 3.05) is 13.7 Å². The number of ether oxygens (including phenoxy) is 2. The number of rotatable bonds is 9. The Morgan fingerprint density at radius 2 is 1.96 bits per heavy atom. The molecule has 1 aromatic carbocycles. The molecule has 0 fully saturated rings. The average Bonchev–Trinajstić information content (AvgIpc) is 3.12. The van der Waals surface area contributed by atoms with Gasteiger partial charge in [-0.25, -0.2) is 0 Å². The van der Waals surface area contributed by atoms with Crippen LogP contribution in [0.1, 0.15) is 56.6 Å². The first kappa shape index (κ1) is 21.7. The number of hydrogen-bond acceptors (Lipinski definition) is 6. The third-order valence-corrected chi connectivity index (χ3v) is 3.93. The van der Waals surface area contributed by atoms with E-state index in [0.717, 1.165) is 16.9 Å². The minimum Gasteiger partial charge on any atom is -0.491 e. The van der Waals surface area contributed by atoms with E-state index in [-0.39, 0.29) is 12.2 Å². The number of aromatic nitrogens is 2. The normalized spacial score (nSPS) is 12.9. The topological polar surface area (TPSA) is 93.8 Å². The highest BCUT2D eigenvalue weighted by molar-refractivity contribution is 5.79. The molecular weight excluding hydrogens is 358 g/mol. The van der Waals surface area contributed by atoms with Crippen molar-refractivity contribution in [2.45, 2.75) is 59.9 Å². The second-order valence-electron chi connectivity index (χ2n) is 6.70. The van der Waals surface area contributed by atoms with Gasteiger partial charge in [-0.3, -0.25) is 4.99 Å². The van der Waals surface area contributed by atoms with Crippen molar-refractivity contribution in [1.82, 2.24) is 20.8 Å². The Kier molecular flexibility index (Phi) is 8.25. The molecule has 2 aromatic rings. The lowest BCUT2D eigenvalue weighted by Crippen LogP contribution is -2.36. The number of nitrogens with zero attached hydrogens (tertiary/aromatic N) is 3. The van der Waals surface area contributed by atoms with Gasteiger partial charge in [0.1, 0.15) is 11.9 Å². The van der Waals surface area contributed by atoms with E-state index in [1.807, 2.05) is 33.8 Å². The second kappa shape index (κ2) is 10.7. The first-order valence-electron chi connectivity index (χ1n) is 9.57. The van der Waals surface area contributed by atoms with Crippen LogP contribution in [-0.2, 0) is 17.8 Å². The van der Waals surface area contributed by atoms with Crippen LogP contribution in [0.15, 0.2) is 27.7 Å². The predicted octanol–water partition coefficient (Wildman–Crippen LogP) is 3.13. The highest BCUT2D eigenvalue weighted by atomic mass is 16.5. The van der Waals surface area contributed by atoms with Crippen LogP contribution in [0.5, 0.6) is 5.75 Å². The first-order chi connectivity index (χ1) is 13.4. The summed E-state index contributed by atoms with van der Waals surface area (Å²) in [5, 5.41) is 10.4. The number of guanidine groups is 1. The lowest BCUT2D eigenvalue weighted by Gasteiger charge is -2.16.